The zero-order chi connectivity index (χ0) is 18.0. The molecule has 0 amide bonds. The van der Waals surface area contributed by atoms with Crippen molar-refractivity contribution in [2.24, 2.45) is 0 Å². The minimum atomic E-state index is -2.98. The Hall–Kier alpha value is -1.65. The smallest absolute Gasteiger partial charge is 0.300 e. The largest absolute Gasteiger partial charge is 0.369 e. The third kappa shape index (κ3) is 3.72. The number of piperazine rings is 1. The van der Waals surface area contributed by atoms with E-state index in [4.69, 9.17) is 4.52 Å². The van der Waals surface area contributed by atoms with E-state index in [1.165, 1.54) is 5.69 Å². The summed E-state index contributed by atoms with van der Waals surface area (Å²) in [5.41, 5.74) is 3.50. The Morgan fingerprint density at radius 2 is 1.77 bits per heavy atom. The van der Waals surface area contributed by atoms with Crippen molar-refractivity contribution < 1.29 is 9.09 Å². The monoisotopic (exact) mass is 371 g/mol. The van der Waals surface area contributed by atoms with Crippen molar-refractivity contribution in [1.82, 2.24) is 9.99 Å². The molecule has 2 aromatic rings. The van der Waals surface area contributed by atoms with E-state index in [0.29, 0.717) is 13.2 Å². The zero-order valence-electron chi connectivity index (χ0n) is 15.2. The molecular weight excluding hydrogens is 345 g/mol. The van der Waals surface area contributed by atoms with Gasteiger partial charge in [0.15, 0.2) is 0 Å². The first kappa shape index (κ1) is 17.7. The summed E-state index contributed by atoms with van der Waals surface area (Å²) in [5, 5.41) is 4.01. The van der Waals surface area contributed by atoms with Crippen molar-refractivity contribution in [3.8, 4) is 0 Å². The molecule has 0 bridgehead atoms. The molecule has 4 rings (SSSR count). The molecule has 2 aliphatic heterocycles. The maximum Gasteiger partial charge on any atom is 0.300 e. The minimum Gasteiger partial charge on any atom is -0.369 e. The van der Waals surface area contributed by atoms with Gasteiger partial charge in [0.05, 0.1) is 11.9 Å². The number of fused-ring (bicyclic) bond motifs is 1. The van der Waals surface area contributed by atoms with Crippen LogP contribution in [0.15, 0.2) is 48.5 Å². The van der Waals surface area contributed by atoms with Crippen molar-refractivity contribution in [3.63, 3.8) is 0 Å². The van der Waals surface area contributed by atoms with Crippen LogP contribution in [0, 0.1) is 0 Å². The van der Waals surface area contributed by atoms with Gasteiger partial charge in [0.2, 0.25) is 0 Å². The Kier molecular flexibility index (Phi) is 5.14. The number of hydrogen-bond donors (Lipinski definition) is 1. The van der Waals surface area contributed by atoms with Crippen LogP contribution < -0.4 is 15.3 Å². The number of nitrogens with zero attached hydrogens (tertiary/aromatic N) is 2. The van der Waals surface area contributed by atoms with Crippen LogP contribution in [0.5, 0.6) is 0 Å². The quantitative estimate of drug-likeness (QED) is 0.837. The summed E-state index contributed by atoms with van der Waals surface area (Å²) in [6.07, 6.45) is 0.821. The molecule has 26 heavy (non-hydrogen) atoms. The Balaban J connectivity index is 1.42. The second-order valence-electron chi connectivity index (χ2n) is 7.06. The summed E-state index contributed by atoms with van der Waals surface area (Å²) in [6.45, 7) is 5.37. The van der Waals surface area contributed by atoms with Crippen molar-refractivity contribution in [2.75, 3.05) is 44.7 Å². The highest BCUT2D eigenvalue weighted by Gasteiger charge is 2.31. The molecule has 2 heterocycles. The predicted molar refractivity (Wildman–Crippen MR) is 106 cm³/mol. The zero-order valence-corrected chi connectivity index (χ0v) is 16.1. The average Bonchev–Trinajstić information content (AvgIpc) is 2.68. The van der Waals surface area contributed by atoms with Gasteiger partial charge in [-0.1, -0.05) is 30.3 Å². The van der Waals surface area contributed by atoms with Crippen LogP contribution in [0.3, 0.4) is 0 Å². The van der Waals surface area contributed by atoms with Gasteiger partial charge in [-0.2, -0.15) is 0 Å². The standard InChI is InChI=1S/C20H26N3O2P/c1-22-11-13-23(14-12-22)19-8-6-17(7-9-19)16-21-26(24)20-5-3-2-4-18(20)10-15-25-26/h2-9H,10-16H2,1H3,(H,21,24). The number of anilines is 1. The van der Waals surface area contributed by atoms with E-state index >= 15 is 0 Å². The lowest BCUT2D eigenvalue weighted by Gasteiger charge is -2.34. The van der Waals surface area contributed by atoms with Gasteiger partial charge in [-0.25, -0.2) is 5.09 Å². The van der Waals surface area contributed by atoms with Crippen LogP contribution in [0.25, 0.3) is 0 Å². The molecule has 0 radical (unpaired) electrons. The van der Waals surface area contributed by atoms with E-state index in [9.17, 15) is 4.57 Å². The molecule has 0 saturated carbocycles. The minimum absolute atomic E-state index is 0.504. The number of benzene rings is 2. The Labute approximate surface area is 155 Å². The summed E-state index contributed by atoms with van der Waals surface area (Å²) in [7, 11) is -0.814. The van der Waals surface area contributed by atoms with E-state index in [-0.39, 0.29) is 0 Å². The van der Waals surface area contributed by atoms with Crippen molar-refractivity contribution >= 4 is 18.5 Å². The maximum atomic E-state index is 13.2. The highest BCUT2D eigenvalue weighted by Crippen LogP contribution is 2.45. The van der Waals surface area contributed by atoms with Gasteiger partial charge in [0.1, 0.15) is 0 Å². The van der Waals surface area contributed by atoms with Gasteiger partial charge in [0, 0.05) is 38.4 Å². The summed E-state index contributed by atoms with van der Waals surface area (Å²) in [4.78, 5) is 4.77. The van der Waals surface area contributed by atoms with Gasteiger partial charge in [-0.15, -0.1) is 0 Å². The first-order chi connectivity index (χ1) is 12.6. The normalized spacial score (nSPS) is 23.7. The molecule has 1 fully saturated rings. The lowest BCUT2D eigenvalue weighted by molar-refractivity contribution is 0.309. The lowest BCUT2D eigenvalue weighted by Crippen LogP contribution is -2.44. The number of likely N-dealkylation sites (N-methyl/N-ethyl adjacent to an activating group) is 1. The Morgan fingerprint density at radius 1 is 1.04 bits per heavy atom. The number of hydrogen-bond acceptors (Lipinski definition) is 4. The Bertz CT molecular complexity index is 801. The molecule has 2 aromatic carbocycles. The second kappa shape index (κ2) is 7.53. The first-order valence-corrected chi connectivity index (χ1v) is 10.9. The van der Waals surface area contributed by atoms with E-state index in [0.717, 1.165) is 49.0 Å². The summed E-state index contributed by atoms with van der Waals surface area (Å²) >= 11 is 0. The highest BCUT2D eigenvalue weighted by atomic mass is 31.2. The highest BCUT2D eigenvalue weighted by molar-refractivity contribution is 7.65. The van der Waals surface area contributed by atoms with Crippen LogP contribution in [-0.2, 0) is 22.1 Å². The summed E-state index contributed by atoms with van der Waals surface area (Å²) in [6, 6.07) is 16.4. The van der Waals surface area contributed by atoms with Gasteiger partial charge in [-0.3, -0.25) is 4.57 Å². The molecule has 6 heteroatoms. The fourth-order valence-corrected chi connectivity index (χ4v) is 5.57. The molecule has 1 atom stereocenters. The molecule has 1 N–H and O–H groups in total. The van der Waals surface area contributed by atoms with Crippen molar-refractivity contribution in [3.05, 3.63) is 59.7 Å². The SMILES string of the molecule is CN1CCN(c2ccc(CNP3(=O)OCCc4ccccc43)cc2)CC1. The molecular formula is C20H26N3O2P. The van der Waals surface area contributed by atoms with Gasteiger partial charge < -0.3 is 14.3 Å². The average molecular weight is 371 g/mol. The molecule has 5 nitrogen and oxygen atoms in total. The van der Waals surface area contributed by atoms with Gasteiger partial charge in [0.25, 0.3) is 7.52 Å². The summed E-state index contributed by atoms with van der Waals surface area (Å²) < 4.78 is 18.9. The molecule has 1 unspecified atom stereocenters. The molecule has 0 aliphatic carbocycles. The fraction of sp³-hybridized carbons (Fsp3) is 0.400. The van der Waals surface area contributed by atoms with Crippen LogP contribution in [0.4, 0.5) is 5.69 Å². The molecule has 0 aromatic heterocycles. The van der Waals surface area contributed by atoms with E-state index in [1.807, 2.05) is 24.3 Å². The van der Waals surface area contributed by atoms with E-state index in [1.54, 1.807) is 0 Å². The van der Waals surface area contributed by atoms with Crippen molar-refractivity contribution in [2.45, 2.75) is 13.0 Å². The van der Waals surface area contributed by atoms with Crippen LogP contribution in [0.2, 0.25) is 0 Å². The first-order valence-electron chi connectivity index (χ1n) is 9.25. The third-order valence-corrected chi connectivity index (χ3v) is 7.44. The van der Waals surface area contributed by atoms with Crippen LogP contribution >= 0.6 is 7.52 Å². The lowest BCUT2D eigenvalue weighted by atomic mass is 10.2. The Morgan fingerprint density at radius 3 is 2.54 bits per heavy atom. The molecule has 1 saturated heterocycles. The van der Waals surface area contributed by atoms with Gasteiger partial charge in [-0.05, 0) is 42.8 Å². The summed E-state index contributed by atoms with van der Waals surface area (Å²) in [5.74, 6) is 0. The van der Waals surface area contributed by atoms with Crippen LogP contribution in [0.1, 0.15) is 11.1 Å². The predicted octanol–water partition coefficient (Wildman–Crippen LogP) is 2.62. The molecule has 138 valence electrons. The van der Waals surface area contributed by atoms with Gasteiger partial charge >= 0.3 is 0 Å². The topological polar surface area (TPSA) is 44.8 Å². The third-order valence-electron chi connectivity index (χ3n) is 5.25. The van der Waals surface area contributed by atoms with Crippen LogP contribution in [-0.4, -0.2) is 44.7 Å². The van der Waals surface area contributed by atoms with Crippen molar-refractivity contribution in [1.29, 1.82) is 0 Å². The van der Waals surface area contributed by atoms with E-state index < -0.39 is 7.52 Å². The second-order valence-corrected chi connectivity index (χ2v) is 9.21. The number of nitrogens with one attached hydrogen (secondary N) is 1. The molecule has 0 spiro atoms. The number of rotatable bonds is 4. The fourth-order valence-electron chi connectivity index (χ4n) is 3.58. The maximum absolute atomic E-state index is 13.2. The van der Waals surface area contributed by atoms with E-state index in [2.05, 4.69) is 46.2 Å². The molecule has 2 aliphatic rings.